The molecule has 0 spiro atoms. The standard InChI is InChI=1S/C12H17NO/c14-12(7-4-8-13-10-12)9-11-5-2-1-3-6-11/h1-3,5-6,13-14H,4,7-10H2. The van der Waals surface area contributed by atoms with E-state index in [-0.39, 0.29) is 0 Å². The van der Waals surface area contributed by atoms with Crippen LogP contribution in [-0.2, 0) is 6.42 Å². The molecule has 76 valence electrons. The summed E-state index contributed by atoms with van der Waals surface area (Å²) < 4.78 is 0. The number of rotatable bonds is 2. The predicted molar refractivity (Wildman–Crippen MR) is 57.2 cm³/mol. The highest BCUT2D eigenvalue weighted by atomic mass is 16.3. The maximum atomic E-state index is 10.3. The molecular formula is C12H17NO. The Morgan fingerprint density at radius 1 is 1.29 bits per heavy atom. The van der Waals surface area contributed by atoms with E-state index >= 15 is 0 Å². The zero-order chi connectivity index (χ0) is 9.86. The zero-order valence-corrected chi connectivity index (χ0v) is 8.37. The lowest BCUT2D eigenvalue weighted by Gasteiger charge is -2.32. The van der Waals surface area contributed by atoms with Gasteiger partial charge in [-0.15, -0.1) is 0 Å². The van der Waals surface area contributed by atoms with Gasteiger partial charge in [-0.1, -0.05) is 30.3 Å². The van der Waals surface area contributed by atoms with Crippen LogP contribution >= 0.6 is 0 Å². The summed E-state index contributed by atoms with van der Waals surface area (Å²) in [5.41, 5.74) is 0.693. The average Bonchev–Trinajstić information content (AvgIpc) is 2.19. The summed E-state index contributed by atoms with van der Waals surface area (Å²) >= 11 is 0. The predicted octanol–water partition coefficient (Wildman–Crippen LogP) is 1.34. The molecule has 1 aliphatic rings. The molecule has 1 unspecified atom stereocenters. The molecule has 1 aromatic rings. The van der Waals surface area contributed by atoms with Gasteiger partial charge in [0, 0.05) is 13.0 Å². The molecule has 1 aliphatic heterocycles. The molecule has 2 rings (SSSR count). The second-order valence-corrected chi connectivity index (χ2v) is 4.17. The summed E-state index contributed by atoms with van der Waals surface area (Å²) in [6.07, 6.45) is 2.75. The summed E-state index contributed by atoms with van der Waals surface area (Å²) in [6.45, 7) is 1.76. The van der Waals surface area contributed by atoms with Crippen molar-refractivity contribution in [1.82, 2.24) is 5.32 Å². The fraction of sp³-hybridized carbons (Fsp3) is 0.500. The second kappa shape index (κ2) is 4.11. The number of piperidine rings is 1. The third-order valence-corrected chi connectivity index (χ3v) is 2.83. The lowest BCUT2D eigenvalue weighted by atomic mass is 9.88. The first-order chi connectivity index (χ1) is 6.79. The van der Waals surface area contributed by atoms with Crippen LogP contribution in [0.4, 0.5) is 0 Å². The van der Waals surface area contributed by atoms with Crippen molar-refractivity contribution >= 4 is 0 Å². The minimum Gasteiger partial charge on any atom is -0.388 e. The number of benzene rings is 1. The number of aliphatic hydroxyl groups is 1. The number of hydrogen-bond donors (Lipinski definition) is 2. The van der Waals surface area contributed by atoms with Crippen LogP contribution in [0.25, 0.3) is 0 Å². The normalized spacial score (nSPS) is 27.5. The Morgan fingerprint density at radius 3 is 2.71 bits per heavy atom. The van der Waals surface area contributed by atoms with Crippen LogP contribution in [-0.4, -0.2) is 23.8 Å². The Bertz CT molecular complexity index is 278. The molecule has 0 amide bonds. The smallest absolute Gasteiger partial charge is 0.0812 e. The van der Waals surface area contributed by atoms with E-state index in [0.717, 1.165) is 32.4 Å². The summed E-state index contributed by atoms with van der Waals surface area (Å²) in [5, 5.41) is 13.5. The highest BCUT2D eigenvalue weighted by Crippen LogP contribution is 2.20. The molecule has 1 saturated heterocycles. The van der Waals surface area contributed by atoms with Crippen molar-refractivity contribution < 1.29 is 5.11 Å². The van der Waals surface area contributed by atoms with Gasteiger partial charge in [0.25, 0.3) is 0 Å². The summed E-state index contributed by atoms with van der Waals surface area (Å²) in [5.74, 6) is 0. The molecule has 0 aromatic heterocycles. The van der Waals surface area contributed by atoms with E-state index in [1.54, 1.807) is 0 Å². The second-order valence-electron chi connectivity index (χ2n) is 4.17. The van der Waals surface area contributed by atoms with Crippen molar-refractivity contribution in [3.63, 3.8) is 0 Å². The van der Waals surface area contributed by atoms with Crippen molar-refractivity contribution in [2.24, 2.45) is 0 Å². The maximum Gasteiger partial charge on any atom is 0.0812 e. The molecule has 2 N–H and O–H groups in total. The molecule has 1 aromatic carbocycles. The molecule has 0 radical (unpaired) electrons. The van der Waals surface area contributed by atoms with Crippen LogP contribution in [0, 0.1) is 0 Å². The largest absolute Gasteiger partial charge is 0.388 e. The number of hydrogen-bond acceptors (Lipinski definition) is 2. The molecule has 2 heteroatoms. The molecule has 1 atom stereocenters. The summed E-state index contributed by atoms with van der Waals surface area (Å²) in [7, 11) is 0. The van der Waals surface area contributed by atoms with Crippen LogP contribution in [0.15, 0.2) is 30.3 Å². The molecule has 1 heterocycles. The first-order valence-electron chi connectivity index (χ1n) is 5.26. The van der Waals surface area contributed by atoms with E-state index in [4.69, 9.17) is 0 Å². The minimum absolute atomic E-state index is 0.528. The first-order valence-corrected chi connectivity index (χ1v) is 5.26. The van der Waals surface area contributed by atoms with Crippen molar-refractivity contribution in [2.75, 3.05) is 13.1 Å². The van der Waals surface area contributed by atoms with Crippen LogP contribution in [0.5, 0.6) is 0 Å². The summed E-state index contributed by atoms with van der Waals surface area (Å²) in [6, 6.07) is 10.2. The minimum atomic E-state index is -0.528. The zero-order valence-electron chi connectivity index (χ0n) is 8.37. The van der Waals surface area contributed by atoms with Crippen molar-refractivity contribution in [3.05, 3.63) is 35.9 Å². The lowest BCUT2D eigenvalue weighted by molar-refractivity contribution is 0.0169. The van der Waals surface area contributed by atoms with E-state index < -0.39 is 5.60 Å². The van der Waals surface area contributed by atoms with Gasteiger partial charge in [-0.25, -0.2) is 0 Å². The highest BCUT2D eigenvalue weighted by Gasteiger charge is 2.28. The lowest BCUT2D eigenvalue weighted by Crippen LogP contribution is -2.47. The van der Waals surface area contributed by atoms with Gasteiger partial charge in [0.05, 0.1) is 5.60 Å². The van der Waals surface area contributed by atoms with Gasteiger partial charge in [-0.3, -0.25) is 0 Å². The summed E-state index contributed by atoms with van der Waals surface area (Å²) in [4.78, 5) is 0. The van der Waals surface area contributed by atoms with Crippen molar-refractivity contribution in [1.29, 1.82) is 0 Å². The highest BCUT2D eigenvalue weighted by molar-refractivity contribution is 5.17. The Morgan fingerprint density at radius 2 is 2.07 bits per heavy atom. The van der Waals surface area contributed by atoms with Crippen molar-refractivity contribution in [2.45, 2.75) is 24.9 Å². The van der Waals surface area contributed by atoms with Crippen LogP contribution in [0.2, 0.25) is 0 Å². The molecule has 0 saturated carbocycles. The Labute approximate surface area is 85.0 Å². The van der Waals surface area contributed by atoms with Gasteiger partial charge in [0.15, 0.2) is 0 Å². The average molecular weight is 191 g/mol. The van der Waals surface area contributed by atoms with Gasteiger partial charge >= 0.3 is 0 Å². The molecule has 2 nitrogen and oxygen atoms in total. The Balaban J connectivity index is 2.02. The van der Waals surface area contributed by atoms with Gasteiger partial charge in [-0.05, 0) is 24.9 Å². The van der Waals surface area contributed by atoms with E-state index in [1.807, 2.05) is 18.2 Å². The van der Waals surface area contributed by atoms with Gasteiger partial charge in [0.1, 0.15) is 0 Å². The van der Waals surface area contributed by atoms with Gasteiger partial charge in [-0.2, -0.15) is 0 Å². The van der Waals surface area contributed by atoms with Crippen LogP contribution in [0.3, 0.4) is 0 Å². The molecule has 0 bridgehead atoms. The van der Waals surface area contributed by atoms with E-state index in [2.05, 4.69) is 17.4 Å². The van der Waals surface area contributed by atoms with Gasteiger partial charge < -0.3 is 10.4 Å². The number of nitrogens with one attached hydrogen (secondary N) is 1. The monoisotopic (exact) mass is 191 g/mol. The third kappa shape index (κ3) is 2.34. The Kier molecular flexibility index (Phi) is 2.85. The third-order valence-electron chi connectivity index (χ3n) is 2.83. The Hall–Kier alpha value is -0.860. The van der Waals surface area contributed by atoms with Crippen molar-refractivity contribution in [3.8, 4) is 0 Å². The molecule has 14 heavy (non-hydrogen) atoms. The quantitative estimate of drug-likeness (QED) is 0.739. The van der Waals surface area contributed by atoms with Gasteiger partial charge in [0.2, 0.25) is 0 Å². The van der Waals surface area contributed by atoms with Crippen LogP contribution in [0.1, 0.15) is 18.4 Å². The van der Waals surface area contributed by atoms with E-state index in [1.165, 1.54) is 5.56 Å². The fourth-order valence-electron chi connectivity index (χ4n) is 2.08. The maximum absolute atomic E-state index is 10.3. The fourth-order valence-corrected chi connectivity index (χ4v) is 2.08. The van der Waals surface area contributed by atoms with E-state index in [0.29, 0.717) is 0 Å². The van der Waals surface area contributed by atoms with Crippen LogP contribution < -0.4 is 5.32 Å². The molecule has 1 fully saturated rings. The SMILES string of the molecule is OC1(Cc2ccccc2)CCCNC1. The number of β-amino-alcohol motifs (C(OH)–C–C–N with tert-alkyl or cyclic N) is 1. The topological polar surface area (TPSA) is 32.3 Å². The molecule has 0 aliphatic carbocycles. The van der Waals surface area contributed by atoms with E-state index in [9.17, 15) is 5.11 Å². The first kappa shape index (κ1) is 9.69. The molecular weight excluding hydrogens is 174 g/mol.